The zero-order valence-corrected chi connectivity index (χ0v) is 24.2. The average Bonchev–Trinajstić information content (AvgIpc) is 3.22. The van der Waals surface area contributed by atoms with Crippen molar-refractivity contribution < 1.29 is 20.8 Å². The Kier molecular flexibility index (Phi) is 9.93. The second-order valence-corrected chi connectivity index (χ2v) is 13.0. The Morgan fingerprint density at radius 2 is 1.39 bits per heavy atom. The van der Waals surface area contributed by atoms with Gasteiger partial charge in [-0.05, 0) is 46.1 Å². The molecule has 0 fully saturated rings. The molecule has 3 heteroatoms. The maximum atomic E-state index is 4.93. The van der Waals surface area contributed by atoms with Crippen molar-refractivity contribution in [2.24, 2.45) is 0 Å². The molecule has 0 amide bonds. The van der Waals surface area contributed by atoms with Crippen molar-refractivity contribution in [2.75, 3.05) is 0 Å². The number of hydrogen-bond acceptors (Lipinski definition) is 0. The molecule has 0 nitrogen and oxygen atoms in total. The molecule has 0 atom stereocenters. The van der Waals surface area contributed by atoms with E-state index in [9.17, 15) is 0 Å². The van der Waals surface area contributed by atoms with E-state index in [0.717, 1.165) is 6.42 Å². The molecule has 0 unspecified atom stereocenters. The van der Waals surface area contributed by atoms with Crippen molar-refractivity contribution in [3.8, 4) is 22.3 Å². The summed E-state index contributed by atoms with van der Waals surface area (Å²) in [4.78, 5) is 0. The minimum absolute atomic E-state index is 0.511. The first kappa shape index (κ1) is 26.3. The molecule has 4 aromatic rings. The van der Waals surface area contributed by atoms with Crippen LogP contribution in [0.2, 0.25) is 0 Å². The van der Waals surface area contributed by atoms with Crippen LogP contribution in [0.5, 0.6) is 0 Å². The molecule has 0 aromatic heterocycles. The first-order valence-electron chi connectivity index (χ1n) is 11.8. The Bertz CT molecular complexity index is 1150. The van der Waals surface area contributed by atoms with Crippen molar-refractivity contribution >= 4 is 27.8 Å². The van der Waals surface area contributed by atoms with Gasteiger partial charge in [-0.15, -0.1) is 28.5 Å². The number of aryl methyl sites for hydroxylation is 1. The topological polar surface area (TPSA) is 0 Å². The Hall–Kier alpha value is -1.27. The van der Waals surface area contributed by atoms with Crippen LogP contribution in [0.4, 0.5) is 0 Å². The van der Waals surface area contributed by atoms with Gasteiger partial charge in [0.05, 0.1) is 0 Å². The second kappa shape index (κ2) is 12.4. The molecule has 0 bridgehead atoms. The number of halogens is 2. The summed E-state index contributed by atoms with van der Waals surface area (Å²) in [5, 5.41) is 2.74. The van der Waals surface area contributed by atoms with Crippen molar-refractivity contribution in [3.05, 3.63) is 89.5 Å². The molecule has 0 aliphatic rings. The van der Waals surface area contributed by atoms with Crippen LogP contribution in [0.3, 0.4) is 0 Å². The van der Waals surface area contributed by atoms with E-state index in [1.165, 1.54) is 56.1 Å². The summed E-state index contributed by atoms with van der Waals surface area (Å²) in [5.74, 6) is 1.02. The molecular weight excluding hydrogens is 522 g/mol. The van der Waals surface area contributed by atoms with Crippen molar-refractivity contribution in [1.29, 1.82) is 0 Å². The van der Waals surface area contributed by atoms with Gasteiger partial charge in [0, 0.05) is 0 Å². The summed E-state index contributed by atoms with van der Waals surface area (Å²) < 4.78 is 0. The summed E-state index contributed by atoms with van der Waals surface area (Å²) in [7, 11) is 9.87. The van der Waals surface area contributed by atoms with Crippen LogP contribution in [0.1, 0.15) is 69.6 Å². The molecule has 0 spiro atoms. The van der Waals surface area contributed by atoms with E-state index in [1.54, 1.807) is 0 Å². The molecular formula is C30H33Cl2Zr-. The van der Waals surface area contributed by atoms with E-state index < -0.39 is 20.8 Å². The van der Waals surface area contributed by atoms with Gasteiger partial charge in [0.2, 0.25) is 0 Å². The Morgan fingerprint density at radius 3 is 1.94 bits per heavy atom. The fourth-order valence-electron chi connectivity index (χ4n) is 4.43. The second-order valence-electron chi connectivity index (χ2n) is 9.24. The maximum absolute atomic E-state index is 4.93. The van der Waals surface area contributed by atoms with E-state index in [0.29, 0.717) is 11.8 Å². The first-order valence-corrected chi connectivity index (χ1v) is 18.1. The van der Waals surface area contributed by atoms with Crippen LogP contribution in [-0.4, -0.2) is 0 Å². The minimum atomic E-state index is -0.826. The number of fused-ring (bicyclic) bond motifs is 1. The van der Waals surface area contributed by atoms with E-state index in [4.69, 9.17) is 17.0 Å². The number of rotatable bonds is 6. The van der Waals surface area contributed by atoms with Crippen LogP contribution in [0.15, 0.2) is 72.8 Å². The van der Waals surface area contributed by atoms with Crippen molar-refractivity contribution in [3.63, 3.8) is 0 Å². The molecule has 4 aromatic carbocycles. The van der Waals surface area contributed by atoms with Crippen molar-refractivity contribution in [1.82, 2.24) is 0 Å². The Labute approximate surface area is 218 Å². The monoisotopic (exact) mass is 553 g/mol. The van der Waals surface area contributed by atoms with E-state index in [-0.39, 0.29) is 0 Å². The van der Waals surface area contributed by atoms with Gasteiger partial charge >= 0.3 is 37.9 Å². The predicted octanol–water partition coefficient (Wildman–Crippen LogP) is 10.5. The quantitative estimate of drug-likeness (QED) is 0.208. The van der Waals surface area contributed by atoms with Gasteiger partial charge in [0.25, 0.3) is 0 Å². The van der Waals surface area contributed by atoms with E-state index >= 15 is 0 Å². The molecule has 0 saturated carbocycles. The van der Waals surface area contributed by atoms with E-state index in [1.807, 2.05) is 0 Å². The third-order valence-electron chi connectivity index (χ3n) is 6.17. The molecule has 0 N–H and O–H groups in total. The zero-order chi connectivity index (χ0) is 24.0. The Balaban J connectivity index is 0.000000968. The predicted molar refractivity (Wildman–Crippen MR) is 144 cm³/mol. The normalized spacial score (nSPS) is 11.1. The number of hydrogen-bond donors (Lipinski definition) is 0. The molecule has 0 saturated heterocycles. The van der Waals surface area contributed by atoms with Crippen LogP contribution < -0.4 is 0 Å². The van der Waals surface area contributed by atoms with Crippen LogP contribution in [-0.2, 0) is 27.3 Å². The fraction of sp³-hybridized carbons (Fsp3) is 0.300. The Morgan fingerprint density at radius 1 is 0.788 bits per heavy atom. The third kappa shape index (κ3) is 6.45. The van der Waals surface area contributed by atoms with Crippen LogP contribution in [0, 0.1) is 0 Å². The summed E-state index contributed by atoms with van der Waals surface area (Å²) >= 11 is -0.826. The molecule has 4 rings (SSSR count). The number of benzene rings is 3. The van der Waals surface area contributed by atoms with Gasteiger partial charge in [-0.2, -0.15) is 6.07 Å². The van der Waals surface area contributed by atoms with Gasteiger partial charge in [-0.25, -0.2) is 0 Å². The standard InChI is InChI=1S/C30H33.2ClH.Zr/c1-6-10-22-15-24-13-14-28(23-11-8-7-9-12-23)30(29(24)16-22)27-18-25(20(2)3)17-26(19-27)21(4)5;;;/h7-9,11-21H,6,10H2,1-5H3;2*1H;/q-1;;;+2/p-2. The molecule has 0 radical (unpaired) electrons. The van der Waals surface area contributed by atoms with Gasteiger partial charge < -0.3 is 0 Å². The molecule has 172 valence electrons. The molecule has 0 aliphatic heterocycles. The van der Waals surface area contributed by atoms with Crippen LogP contribution >= 0.6 is 17.0 Å². The van der Waals surface area contributed by atoms with Gasteiger partial charge in [0.1, 0.15) is 0 Å². The van der Waals surface area contributed by atoms with E-state index in [2.05, 4.69) is 107 Å². The molecule has 33 heavy (non-hydrogen) atoms. The summed E-state index contributed by atoms with van der Waals surface area (Å²) in [6, 6.07) is 27.5. The average molecular weight is 556 g/mol. The first-order chi connectivity index (χ1) is 15.9. The SMILES string of the molecule is CCCc1cc2c(-c3cc(C(C)C)cc(C(C)C)c3)c(-c3ccccc3)ccc2[cH-]1.[Cl][Zr][Cl]. The zero-order valence-electron chi connectivity index (χ0n) is 20.3. The third-order valence-corrected chi connectivity index (χ3v) is 6.17. The summed E-state index contributed by atoms with van der Waals surface area (Å²) in [5.41, 5.74) is 9.64. The van der Waals surface area contributed by atoms with Crippen LogP contribution in [0.25, 0.3) is 33.0 Å². The molecule has 0 heterocycles. The van der Waals surface area contributed by atoms with Crippen molar-refractivity contribution in [2.45, 2.75) is 59.3 Å². The van der Waals surface area contributed by atoms with Gasteiger partial charge in [0.15, 0.2) is 0 Å². The molecule has 0 aliphatic carbocycles. The summed E-state index contributed by atoms with van der Waals surface area (Å²) in [6.07, 6.45) is 2.32. The van der Waals surface area contributed by atoms with Gasteiger partial charge in [-0.3, -0.25) is 0 Å². The summed E-state index contributed by atoms with van der Waals surface area (Å²) in [6.45, 7) is 11.4. The van der Waals surface area contributed by atoms with Gasteiger partial charge in [-0.1, -0.05) is 101 Å². The fourth-order valence-corrected chi connectivity index (χ4v) is 4.43.